The van der Waals surface area contributed by atoms with E-state index in [0.717, 1.165) is 18.9 Å². The second-order valence-corrected chi connectivity index (χ2v) is 5.92. The maximum absolute atomic E-state index is 12.3. The Morgan fingerprint density at radius 3 is 2.31 bits per heavy atom. The van der Waals surface area contributed by atoms with E-state index in [4.69, 9.17) is 4.74 Å². The van der Waals surface area contributed by atoms with Crippen molar-refractivity contribution in [3.05, 3.63) is 63.7 Å². The molecule has 1 aliphatic rings. The minimum atomic E-state index is -0.608. The van der Waals surface area contributed by atoms with E-state index in [0.29, 0.717) is 11.3 Å². The number of anilines is 1. The van der Waals surface area contributed by atoms with Crippen LogP contribution in [0.1, 0.15) is 33.6 Å². The van der Waals surface area contributed by atoms with Crippen LogP contribution >= 0.6 is 0 Å². The normalized spacial score (nSPS) is 13.0. The molecule has 0 aliphatic heterocycles. The Kier molecular flexibility index (Phi) is 4.83. The van der Waals surface area contributed by atoms with E-state index >= 15 is 0 Å². The molecule has 3 rings (SSSR count). The Morgan fingerprint density at radius 1 is 1.08 bits per heavy atom. The van der Waals surface area contributed by atoms with Crippen LogP contribution in [0.4, 0.5) is 11.4 Å². The van der Waals surface area contributed by atoms with Gasteiger partial charge in [0.1, 0.15) is 0 Å². The van der Waals surface area contributed by atoms with Crippen molar-refractivity contribution in [2.75, 3.05) is 12.4 Å². The van der Waals surface area contributed by atoms with Crippen molar-refractivity contribution in [2.45, 2.75) is 18.9 Å². The van der Waals surface area contributed by atoms with E-state index in [1.165, 1.54) is 19.2 Å². The first-order valence-electron chi connectivity index (χ1n) is 8.02. The maximum Gasteiger partial charge on any atom is 0.311 e. The maximum atomic E-state index is 12.3. The number of rotatable bonds is 6. The average molecular weight is 355 g/mol. The quantitative estimate of drug-likeness (QED) is 0.611. The van der Waals surface area contributed by atoms with E-state index in [2.05, 4.69) is 10.6 Å². The zero-order valence-corrected chi connectivity index (χ0v) is 14.0. The van der Waals surface area contributed by atoms with Crippen LogP contribution < -0.4 is 15.4 Å². The van der Waals surface area contributed by atoms with E-state index in [1.54, 1.807) is 24.3 Å². The number of hydrogen-bond donors (Lipinski definition) is 2. The molecule has 8 nitrogen and oxygen atoms in total. The van der Waals surface area contributed by atoms with Gasteiger partial charge in [0.15, 0.2) is 5.75 Å². The average Bonchev–Trinajstić information content (AvgIpc) is 3.45. The van der Waals surface area contributed by atoms with Gasteiger partial charge in [0.2, 0.25) is 0 Å². The molecule has 0 radical (unpaired) electrons. The molecule has 0 unspecified atom stereocenters. The number of carbonyl (C=O) groups excluding carboxylic acids is 2. The summed E-state index contributed by atoms with van der Waals surface area (Å²) in [7, 11) is 1.32. The molecule has 0 saturated heterocycles. The third-order valence-corrected chi connectivity index (χ3v) is 3.96. The Bertz CT molecular complexity index is 860. The van der Waals surface area contributed by atoms with E-state index in [9.17, 15) is 19.7 Å². The number of methoxy groups -OCH3 is 1. The first-order chi connectivity index (χ1) is 12.5. The summed E-state index contributed by atoms with van der Waals surface area (Å²) >= 11 is 0. The van der Waals surface area contributed by atoms with Crippen LogP contribution in [0.25, 0.3) is 0 Å². The van der Waals surface area contributed by atoms with Gasteiger partial charge in [-0.3, -0.25) is 19.7 Å². The molecule has 134 valence electrons. The highest BCUT2D eigenvalue weighted by molar-refractivity contribution is 6.05. The van der Waals surface area contributed by atoms with Gasteiger partial charge in [0.05, 0.1) is 12.0 Å². The van der Waals surface area contributed by atoms with Crippen molar-refractivity contribution >= 4 is 23.2 Å². The molecule has 0 heterocycles. The first kappa shape index (κ1) is 17.4. The Hall–Kier alpha value is -3.42. The van der Waals surface area contributed by atoms with E-state index in [-0.39, 0.29) is 28.9 Å². The van der Waals surface area contributed by atoms with Crippen LogP contribution in [0.2, 0.25) is 0 Å². The van der Waals surface area contributed by atoms with E-state index in [1.807, 2.05) is 0 Å². The Balaban J connectivity index is 1.70. The molecule has 1 aliphatic carbocycles. The zero-order valence-electron chi connectivity index (χ0n) is 14.0. The molecule has 0 bridgehead atoms. The van der Waals surface area contributed by atoms with Gasteiger partial charge in [-0.15, -0.1) is 0 Å². The second kappa shape index (κ2) is 7.22. The van der Waals surface area contributed by atoms with Crippen molar-refractivity contribution in [3.8, 4) is 5.75 Å². The molecular formula is C18H17N3O5. The smallest absolute Gasteiger partial charge is 0.311 e. The van der Waals surface area contributed by atoms with Crippen LogP contribution in [0.3, 0.4) is 0 Å². The van der Waals surface area contributed by atoms with Crippen LogP contribution in [0.15, 0.2) is 42.5 Å². The minimum absolute atomic E-state index is 0.0811. The summed E-state index contributed by atoms with van der Waals surface area (Å²) in [6.45, 7) is 0. The summed E-state index contributed by atoms with van der Waals surface area (Å²) in [5.41, 5.74) is 0.840. The van der Waals surface area contributed by atoms with Gasteiger partial charge in [0.25, 0.3) is 11.8 Å². The molecule has 0 aromatic heterocycles. The number of nitro groups is 1. The number of amides is 2. The number of nitrogens with zero attached hydrogens (tertiary/aromatic N) is 1. The van der Waals surface area contributed by atoms with Gasteiger partial charge < -0.3 is 15.4 Å². The molecule has 2 aromatic carbocycles. The van der Waals surface area contributed by atoms with Crippen molar-refractivity contribution < 1.29 is 19.2 Å². The third-order valence-electron chi connectivity index (χ3n) is 3.96. The van der Waals surface area contributed by atoms with Crippen molar-refractivity contribution in [1.29, 1.82) is 0 Å². The van der Waals surface area contributed by atoms with Crippen LogP contribution in [-0.2, 0) is 0 Å². The number of nitrogens with one attached hydrogen (secondary N) is 2. The highest BCUT2D eigenvalue weighted by Crippen LogP contribution is 2.28. The van der Waals surface area contributed by atoms with Crippen molar-refractivity contribution in [1.82, 2.24) is 5.32 Å². The number of benzene rings is 2. The molecule has 2 aromatic rings. The number of carbonyl (C=O) groups is 2. The topological polar surface area (TPSA) is 111 Å². The summed E-state index contributed by atoms with van der Waals surface area (Å²) in [5.74, 6) is -0.556. The van der Waals surface area contributed by atoms with Crippen LogP contribution in [0, 0.1) is 10.1 Å². The summed E-state index contributed by atoms with van der Waals surface area (Å²) in [6.07, 6.45) is 2.02. The van der Waals surface area contributed by atoms with Crippen molar-refractivity contribution in [3.63, 3.8) is 0 Å². The van der Waals surface area contributed by atoms with Crippen molar-refractivity contribution in [2.24, 2.45) is 0 Å². The molecule has 0 spiro atoms. The molecular weight excluding hydrogens is 338 g/mol. The van der Waals surface area contributed by atoms with Gasteiger partial charge >= 0.3 is 5.69 Å². The van der Waals surface area contributed by atoms with Gasteiger partial charge in [-0.1, -0.05) is 0 Å². The highest BCUT2D eigenvalue weighted by Gasteiger charge is 2.23. The van der Waals surface area contributed by atoms with Gasteiger partial charge in [-0.2, -0.15) is 0 Å². The van der Waals surface area contributed by atoms with Crippen LogP contribution in [-0.4, -0.2) is 29.9 Å². The summed E-state index contributed by atoms with van der Waals surface area (Å²) in [5, 5.41) is 16.6. The molecule has 2 N–H and O–H groups in total. The van der Waals surface area contributed by atoms with Gasteiger partial charge in [-0.25, -0.2) is 0 Å². The van der Waals surface area contributed by atoms with Gasteiger partial charge in [0, 0.05) is 28.9 Å². The summed E-state index contributed by atoms with van der Waals surface area (Å²) in [6, 6.07) is 10.7. The highest BCUT2D eigenvalue weighted by atomic mass is 16.6. The molecule has 1 fully saturated rings. The first-order valence-corrected chi connectivity index (χ1v) is 8.02. The fraction of sp³-hybridized carbons (Fsp3) is 0.222. The number of hydrogen-bond acceptors (Lipinski definition) is 5. The minimum Gasteiger partial charge on any atom is -0.490 e. The summed E-state index contributed by atoms with van der Waals surface area (Å²) in [4.78, 5) is 34.7. The predicted octanol–water partition coefficient (Wildman–Crippen LogP) is 2.75. The molecule has 0 atom stereocenters. The zero-order chi connectivity index (χ0) is 18.7. The standard InChI is InChI=1S/C18H17N3O5/c1-26-16-9-4-12(10-15(16)21(24)25)18(23)20-13-5-2-11(3-6-13)17(22)19-14-7-8-14/h2-6,9-10,14H,7-8H2,1H3,(H,19,22)(H,20,23). The molecule has 2 amide bonds. The fourth-order valence-corrected chi connectivity index (χ4v) is 2.38. The lowest BCUT2D eigenvalue weighted by Crippen LogP contribution is -2.25. The lowest BCUT2D eigenvalue weighted by atomic mass is 10.1. The molecule has 1 saturated carbocycles. The monoisotopic (exact) mass is 355 g/mol. The van der Waals surface area contributed by atoms with E-state index < -0.39 is 10.8 Å². The third kappa shape index (κ3) is 3.97. The summed E-state index contributed by atoms with van der Waals surface area (Å²) < 4.78 is 4.92. The van der Waals surface area contributed by atoms with Crippen LogP contribution in [0.5, 0.6) is 5.75 Å². The largest absolute Gasteiger partial charge is 0.490 e. The SMILES string of the molecule is COc1ccc(C(=O)Nc2ccc(C(=O)NC3CC3)cc2)cc1[N+](=O)[O-]. The van der Waals surface area contributed by atoms with Gasteiger partial charge in [-0.05, 0) is 49.2 Å². The Morgan fingerprint density at radius 2 is 1.73 bits per heavy atom. The molecule has 8 heteroatoms. The number of ether oxygens (including phenoxy) is 1. The fourth-order valence-electron chi connectivity index (χ4n) is 2.38. The number of nitro benzene ring substituents is 1. The second-order valence-electron chi connectivity index (χ2n) is 5.92. The lowest BCUT2D eigenvalue weighted by molar-refractivity contribution is -0.385. The Labute approximate surface area is 149 Å². The lowest BCUT2D eigenvalue weighted by Gasteiger charge is -2.08. The predicted molar refractivity (Wildman–Crippen MR) is 94.5 cm³/mol. The molecule has 26 heavy (non-hydrogen) atoms.